The van der Waals surface area contributed by atoms with Gasteiger partial charge in [-0.3, -0.25) is 9.69 Å². The second kappa shape index (κ2) is 4.69. The van der Waals surface area contributed by atoms with Crippen molar-refractivity contribution >= 4 is 5.97 Å². The van der Waals surface area contributed by atoms with Gasteiger partial charge in [-0.05, 0) is 13.5 Å². The van der Waals surface area contributed by atoms with E-state index in [4.69, 9.17) is 10.4 Å². The zero-order valence-electron chi connectivity index (χ0n) is 6.74. The Morgan fingerprint density at radius 3 is 2.64 bits per heavy atom. The van der Waals surface area contributed by atoms with Gasteiger partial charge < -0.3 is 5.11 Å². The highest BCUT2D eigenvalue weighted by Crippen LogP contribution is 1.98. The van der Waals surface area contributed by atoms with E-state index in [2.05, 4.69) is 0 Å². The lowest BCUT2D eigenvalue weighted by Gasteiger charge is -2.18. The molecule has 0 radical (unpaired) electrons. The van der Waals surface area contributed by atoms with E-state index in [0.29, 0.717) is 6.42 Å². The van der Waals surface area contributed by atoms with E-state index in [1.54, 1.807) is 7.05 Å². The Balaban J connectivity index is 3.91. The zero-order chi connectivity index (χ0) is 8.85. The maximum absolute atomic E-state index is 10.2. The average molecular weight is 156 g/mol. The fourth-order valence-corrected chi connectivity index (χ4v) is 0.825. The largest absolute Gasteiger partial charge is 0.480 e. The summed E-state index contributed by atoms with van der Waals surface area (Å²) in [5.41, 5.74) is 0. The van der Waals surface area contributed by atoms with Crippen LogP contribution in [0.5, 0.6) is 0 Å². The summed E-state index contributed by atoms with van der Waals surface area (Å²) in [6.45, 7) is 1.78. The van der Waals surface area contributed by atoms with Crippen LogP contribution in [-0.2, 0) is 4.79 Å². The molecule has 0 spiro atoms. The van der Waals surface area contributed by atoms with Gasteiger partial charge in [-0.1, -0.05) is 6.92 Å². The van der Waals surface area contributed by atoms with E-state index in [-0.39, 0.29) is 12.6 Å². The highest BCUT2D eigenvalue weighted by molar-refractivity contribution is 5.69. The minimum absolute atomic E-state index is 0.0773. The van der Waals surface area contributed by atoms with Crippen molar-refractivity contribution in [2.75, 3.05) is 13.6 Å². The molecule has 4 heteroatoms. The summed E-state index contributed by atoms with van der Waals surface area (Å²) in [6, 6.07) is 1.73. The minimum atomic E-state index is -0.902. The molecule has 0 aliphatic rings. The van der Waals surface area contributed by atoms with Crippen molar-refractivity contribution in [2.45, 2.75) is 19.4 Å². The van der Waals surface area contributed by atoms with Gasteiger partial charge in [0.25, 0.3) is 0 Å². The van der Waals surface area contributed by atoms with Gasteiger partial charge in [0.2, 0.25) is 0 Å². The standard InChI is InChI=1S/C7H12N2O2/c1-3-6(4-8)9(2)5-7(10)11/h6H,3,5H2,1-2H3,(H,10,11). The summed E-state index contributed by atoms with van der Waals surface area (Å²) >= 11 is 0. The molecule has 0 saturated heterocycles. The number of likely N-dealkylation sites (N-methyl/N-ethyl adjacent to an activating group) is 1. The Morgan fingerprint density at radius 1 is 1.82 bits per heavy atom. The van der Waals surface area contributed by atoms with Crippen molar-refractivity contribution in [3.8, 4) is 6.07 Å². The molecule has 0 bridgehead atoms. The third kappa shape index (κ3) is 3.58. The molecule has 4 nitrogen and oxygen atoms in total. The fraction of sp³-hybridized carbons (Fsp3) is 0.714. The molecule has 0 saturated carbocycles. The second-order valence-electron chi connectivity index (χ2n) is 2.36. The monoisotopic (exact) mass is 156 g/mol. The summed E-state index contributed by atoms with van der Waals surface area (Å²) < 4.78 is 0. The summed E-state index contributed by atoms with van der Waals surface area (Å²) in [5.74, 6) is -0.902. The van der Waals surface area contributed by atoms with Crippen LogP contribution in [0.25, 0.3) is 0 Å². The lowest BCUT2D eigenvalue weighted by atomic mass is 10.2. The molecular weight excluding hydrogens is 144 g/mol. The number of rotatable bonds is 4. The second-order valence-corrected chi connectivity index (χ2v) is 2.36. The first-order valence-corrected chi connectivity index (χ1v) is 3.43. The normalized spacial score (nSPS) is 12.5. The average Bonchev–Trinajstić information content (AvgIpc) is 1.88. The van der Waals surface area contributed by atoms with Crippen molar-refractivity contribution in [3.63, 3.8) is 0 Å². The predicted molar refractivity (Wildman–Crippen MR) is 40.0 cm³/mol. The number of aliphatic carboxylic acids is 1. The summed E-state index contributed by atoms with van der Waals surface area (Å²) in [5, 5.41) is 16.9. The quantitative estimate of drug-likeness (QED) is 0.636. The molecule has 0 heterocycles. The molecule has 0 aromatic heterocycles. The first-order valence-electron chi connectivity index (χ1n) is 3.43. The predicted octanol–water partition coefficient (Wildman–Crippen LogP) is 0.305. The van der Waals surface area contributed by atoms with Gasteiger partial charge in [0.1, 0.15) is 0 Å². The number of nitrogens with zero attached hydrogens (tertiary/aromatic N) is 2. The summed E-state index contributed by atoms with van der Waals surface area (Å²) in [6.07, 6.45) is 0.653. The SMILES string of the molecule is CCC(C#N)N(C)CC(=O)O. The van der Waals surface area contributed by atoms with Crippen LogP contribution < -0.4 is 0 Å². The maximum Gasteiger partial charge on any atom is 0.317 e. The van der Waals surface area contributed by atoms with E-state index in [1.807, 2.05) is 13.0 Å². The minimum Gasteiger partial charge on any atom is -0.480 e. The molecule has 0 aliphatic heterocycles. The maximum atomic E-state index is 10.2. The van der Waals surface area contributed by atoms with Crippen molar-refractivity contribution in [1.82, 2.24) is 4.90 Å². The number of hydrogen-bond acceptors (Lipinski definition) is 3. The number of nitriles is 1. The fourth-order valence-electron chi connectivity index (χ4n) is 0.825. The molecule has 62 valence electrons. The Morgan fingerprint density at radius 2 is 2.36 bits per heavy atom. The lowest BCUT2D eigenvalue weighted by Crippen LogP contribution is -2.34. The van der Waals surface area contributed by atoms with Gasteiger partial charge in [0.05, 0.1) is 18.7 Å². The molecule has 0 aromatic rings. The van der Waals surface area contributed by atoms with Crippen LogP contribution in [0.3, 0.4) is 0 Å². The molecule has 1 atom stereocenters. The van der Waals surface area contributed by atoms with Crippen LogP contribution in [0.15, 0.2) is 0 Å². The van der Waals surface area contributed by atoms with E-state index in [1.165, 1.54) is 4.90 Å². The van der Waals surface area contributed by atoms with Gasteiger partial charge in [-0.25, -0.2) is 0 Å². The van der Waals surface area contributed by atoms with Crippen LogP contribution in [0.2, 0.25) is 0 Å². The van der Waals surface area contributed by atoms with Crippen LogP contribution in [0.4, 0.5) is 0 Å². The lowest BCUT2D eigenvalue weighted by molar-refractivity contribution is -0.138. The highest BCUT2D eigenvalue weighted by atomic mass is 16.4. The third-order valence-electron chi connectivity index (χ3n) is 1.45. The van der Waals surface area contributed by atoms with E-state index < -0.39 is 5.97 Å². The number of carboxylic acids is 1. The molecule has 0 aromatic carbocycles. The van der Waals surface area contributed by atoms with Crippen LogP contribution in [-0.4, -0.2) is 35.6 Å². The topological polar surface area (TPSA) is 64.3 Å². The Labute approximate surface area is 66.0 Å². The van der Waals surface area contributed by atoms with E-state index in [9.17, 15) is 4.79 Å². The third-order valence-corrected chi connectivity index (χ3v) is 1.45. The molecule has 0 fully saturated rings. The van der Waals surface area contributed by atoms with Crippen molar-refractivity contribution < 1.29 is 9.90 Å². The number of hydrogen-bond donors (Lipinski definition) is 1. The Hall–Kier alpha value is -1.08. The van der Waals surface area contributed by atoms with Gasteiger partial charge in [-0.2, -0.15) is 5.26 Å². The van der Waals surface area contributed by atoms with Gasteiger partial charge in [-0.15, -0.1) is 0 Å². The van der Waals surface area contributed by atoms with Crippen molar-refractivity contribution in [2.24, 2.45) is 0 Å². The van der Waals surface area contributed by atoms with E-state index >= 15 is 0 Å². The molecule has 0 aliphatic carbocycles. The molecular formula is C7H12N2O2. The summed E-state index contributed by atoms with van der Waals surface area (Å²) in [4.78, 5) is 11.7. The van der Waals surface area contributed by atoms with Gasteiger partial charge in [0.15, 0.2) is 0 Å². The molecule has 0 rings (SSSR count). The van der Waals surface area contributed by atoms with Crippen molar-refractivity contribution in [1.29, 1.82) is 5.26 Å². The van der Waals surface area contributed by atoms with Crippen LogP contribution >= 0.6 is 0 Å². The van der Waals surface area contributed by atoms with Gasteiger partial charge in [0, 0.05) is 0 Å². The van der Waals surface area contributed by atoms with Gasteiger partial charge >= 0.3 is 5.97 Å². The number of carboxylic acid groups (broad SMARTS) is 1. The molecule has 0 amide bonds. The Kier molecular flexibility index (Phi) is 4.23. The van der Waals surface area contributed by atoms with Crippen LogP contribution in [0, 0.1) is 11.3 Å². The molecule has 1 N–H and O–H groups in total. The smallest absolute Gasteiger partial charge is 0.317 e. The highest BCUT2D eigenvalue weighted by Gasteiger charge is 2.13. The number of carbonyl (C=O) groups is 1. The van der Waals surface area contributed by atoms with Crippen molar-refractivity contribution in [3.05, 3.63) is 0 Å². The van der Waals surface area contributed by atoms with Crippen LogP contribution in [0.1, 0.15) is 13.3 Å². The molecule has 11 heavy (non-hydrogen) atoms. The Bertz CT molecular complexity index is 174. The molecule has 1 unspecified atom stereocenters. The first kappa shape index (κ1) is 9.92. The summed E-state index contributed by atoms with van der Waals surface area (Å²) in [7, 11) is 1.63. The van der Waals surface area contributed by atoms with E-state index in [0.717, 1.165) is 0 Å². The zero-order valence-corrected chi connectivity index (χ0v) is 6.74. The first-order chi connectivity index (χ1) is 5.11.